The molecule has 1 amide bonds. The van der Waals surface area contributed by atoms with Gasteiger partial charge in [-0.15, -0.1) is 11.3 Å². The SMILES string of the molecule is CCOC1CCN(C(=NC)NCCCNC(=O)c2cccs2)CC1. The zero-order chi connectivity index (χ0) is 17.2. The number of piperidine rings is 1. The minimum Gasteiger partial charge on any atom is -0.378 e. The number of thiophene rings is 1. The van der Waals surface area contributed by atoms with E-state index in [1.165, 1.54) is 11.3 Å². The van der Waals surface area contributed by atoms with Gasteiger partial charge in [0.25, 0.3) is 5.91 Å². The lowest BCUT2D eigenvalue weighted by Crippen LogP contribution is -2.47. The average molecular weight is 353 g/mol. The summed E-state index contributed by atoms with van der Waals surface area (Å²) in [6, 6.07) is 3.73. The summed E-state index contributed by atoms with van der Waals surface area (Å²) >= 11 is 1.46. The van der Waals surface area contributed by atoms with Crippen molar-refractivity contribution in [3.63, 3.8) is 0 Å². The molecule has 2 N–H and O–H groups in total. The zero-order valence-corrected chi connectivity index (χ0v) is 15.4. The molecule has 1 saturated heterocycles. The third-order valence-electron chi connectivity index (χ3n) is 4.02. The van der Waals surface area contributed by atoms with E-state index < -0.39 is 0 Å². The Morgan fingerprint density at radius 1 is 1.38 bits per heavy atom. The van der Waals surface area contributed by atoms with E-state index in [-0.39, 0.29) is 5.91 Å². The van der Waals surface area contributed by atoms with Crippen LogP contribution in [0.15, 0.2) is 22.5 Å². The Balaban J connectivity index is 1.61. The number of nitrogens with zero attached hydrogens (tertiary/aromatic N) is 2. The molecule has 6 nitrogen and oxygen atoms in total. The van der Waals surface area contributed by atoms with E-state index in [1.54, 1.807) is 0 Å². The molecule has 2 rings (SSSR count). The molecule has 0 unspecified atom stereocenters. The monoisotopic (exact) mass is 352 g/mol. The molecule has 0 bridgehead atoms. The lowest BCUT2D eigenvalue weighted by atomic mass is 10.1. The van der Waals surface area contributed by atoms with Gasteiger partial charge >= 0.3 is 0 Å². The van der Waals surface area contributed by atoms with Gasteiger partial charge < -0.3 is 20.3 Å². The van der Waals surface area contributed by atoms with Crippen LogP contribution in [0.5, 0.6) is 0 Å². The van der Waals surface area contributed by atoms with Crippen LogP contribution in [0.25, 0.3) is 0 Å². The summed E-state index contributed by atoms with van der Waals surface area (Å²) in [5.74, 6) is 0.946. The number of rotatable bonds is 7. The highest BCUT2D eigenvalue weighted by atomic mass is 32.1. The smallest absolute Gasteiger partial charge is 0.261 e. The predicted molar refractivity (Wildman–Crippen MR) is 98.9 cm³/mol. The minimum absolute atomic E-state index is 0.00683. The van der Waals surface area contributed by atoms with Crippen LogP contribution < -0.4 is 10.6 Å². The highest BCUT2D eigenvalue weighted by Crippen LogP contribution is 2.13. The van der Waals surface area contributed by atoms with E-state index in [4.69, 9.17) is 4.74 Å². The summed E-state index contributed by atoms with van der Waals surface area (Å²) in [5.41, 5.74) is 0. The maximum absolute atomic E-state index is 11.8. The van der Waals surface area contributed by atoms with Crippen LogP contribution in [0.3, 0.4) is 0 Å². The van der Waals surface area contributed by atoms with E-state index in [0.29, 0.717) is 12.6 Å². The Labute approximate surface area is 148 Å². The van der Waals surface area contributed by atoms with E-state index in [9.17, 15) is 4.79 Å². The number of hydrogen-bond acceptors (Lipinski definition) is 4. The highest BCUT2D eigenvalue weighted by molar-refractivity contribution is 7.12. The Kier molecular flexibility index (Phi) is 8.04. The molecule has 0 radical (unpaired) electrons. The lowest BCUT2D eigenvalue weighted by molar-refractivity contribution is 0.0264. The van der Waals surface area contributed by atoms with Crippen molar-refractivity contribution in [3.8, 4) is 0 Å². The number of aliphatic imine (C=N–C) groups is 1. The topological polar surface area (TPSA) is 66.0 Å². The van der Waals surface area contributed by atoms with Crippen LogP contribution in [0.2, 0.25) is 0 Å². The Morgan fingerprint density at radius 3 is 2.75 bits per heavy atom. The molecule has 1 aromatic heterocycles. The summed E-state index contributed by atoms with van der Waals surface area (Å²) in [7, 11) is 1.82. The fourth-order valence-electron chi connectivity index (χ4n) is 2.79. The summed E-state index contributed by atoms with van der Waals surface area (Å²) in [4.78, 5) is 19.2. The summed E-state index contributed by atoms with van der Waals surface area (Å²) in [6.45, 7) is 6.23. The number of amides is 1. The normalized spacial score (nSPS) is 16.2. The minimum atomic E-state index is 0.00683. The number of likely N-dealkylation sites (tertiary alicyclic amines) is 1. The van der Waals surface area contributed by atoms with Crippen LogP contribution >= 0.6 is 11.3 Å². The Bertz CT molecular complexity index is 511. The van der Waals surface area contributed by atoms with Crippen LogP contribution in [0.4, 0.5) is 0 Å². The van der Waals surface area contributed by atoms with E-state index in [2.05, 4.69) is 20.5 Å². The number of guanidine groups is 1. The molecule has 1 aliphatic rings. The van der Waals surface area contributed by atoms with Gasteiger partial charge in [-0.25, -0.2) is 0 Å². The molecule has 0 aromatic carbocycles. The molecule has 1 aromatic rings. The zero-order valence-electron chi connectivity index (χ0n) is 14.6. The molecule has 1 aliphatic heterocycles. The third-order valence-corrected chi connectivity index (χ3v) is 4.89. The summed E-state index contributed by atoms with van der Waals surface area (Å²) < 4.78 is 5.68. The Morgan fingerprint density at radius 2 is 2.12 bits per heavy atom. The van der Waals surface area contributed by atoms with Crippen molar-refractivity contribution < 1.29 is 9.53 Å². The van der Waals surface area contributed by atoms with Crippen molar-refractivity contribution in [2.45, 2.75) is 32.3 Å². The number of ether oxygens (including phenoxy) is 1. The molecule has 24 heavy (non-hydrogen) atoms. The molecular formula is C17H28N4O2S. The van der Waals surface area contributed by atoms with Crippen molar-refractivity contribution in [2.24, 2.45) is 4.99 Å². The molecule has 0 spiro atoms. The van der Waals surface area contributed by atoms with Crippen LogP contribution in [-0.4, -0.2) is 62.7 Å². The second-order valence-electron chi connectivity index (χ2n) is 5.70. The number of carbonyl (C=O) groups excluding carboxylic acids is 1. The fourth-order valence-corrected chi connectivity index (χ4v) is 3.43. The van der Waals surface area contributed by atoms with Crippen molar-refractivity contribution in [2.75, 3.05) is 39.8 Å². The largest absolute Gasteiger partial charge is 0.378 e. The number of nitrogens with one attached hydrogen (secondary N) is 2. The first-order valence-corrected chi connectivity index (χ1v) is 9.51. The molecule has 7 heteroatoms. The predicted octanol–water partition coefficient (Wildman–Crippen LogP) is 1.94. The van der Waals surface area contributed by atoms with Gasteiger partial charge in [0.15, 0.2) is 5.96 Å². The van der Waals surface area contributed by atoms with Gasteiger partial charge in [0.1, 0.15) is 0 Å². The first kappa shape index (κ1) is 18.7. The molecule has 1 fully saturated rings. The van der Waals surface area contributed by atoms with Gasteiger partial charge in [-0.05, 0) is 37.6 Å². The average Bonchev–Trinajstić information content (AvgIpc) is 3.14. The summed E-state index contributed by atoms with van der Waals surface area (Å²) in [6.07, 6.45) is 3.35. The van der Waals surface area contributed by atoms with Crippen molar-refractivity contribution in [1.82, 2.24) is 15.5 Å². The van der Waals surface area contributed by atoms with Crippen LogP contribution in [0.1, 0.15) is 35.9 Å². The van der Waals surface area contributed by atoms with Gasteiger partial charge in [-0.3, -0.25) is 9.79 Å². The third kappa shape index (κ3) is 5.79. The van der Waals surface area contributed by atoms with E-state index in [1.807, 2.05) is 31.5 Å². The first-order valence-electron chi connectivity index (χ1n) is 8.63. The fraction of sp³-hybridized carbons (Fsp3) is 0.647. The van der Waals surface area contributed by atoms with Crippen LogP contribution in [-0.2, 0) is 4.74 Å². The standard InChI is InChI=1S/C17H28N4O2S/c1-3-23-14-7-11-21(12-8-14)17(18-2)20-10-5-9-19-16(22)15-6-4-13-24-15/h4,6,13-14H,3,5,7-12H2,1-2H3,(H,18,20)(H,19,22). The van der Waals surface area contributed by atoms with E-state index >= 15 is 0 Å². The number of hydrogen-bond donors (Lipinski definition) is 2. The quantitative estimate of drug-likeness (QED) is 0.447. The van der Waals surface area contributed by atoms with Gasteiger partial charge in [-0.2, -0.15) is 0 Å². The first-order chi connectivity index (χ1) is 11.7. The molecule has 0 atom stereocenters. The molecule has 134 valence electrons. The second kappa shape index (κ2) is 10.3. The van der Waals surface area contributed by atoms with Crippen molar-refractivity contribution >= 4 is 23.2 Å². The molecule has 0 saturated carbocycles. The lowest BCUT2D eigenvalue weighted by Gasteiger charge is -2.34. The Hall–Kier alpha value is -1.60. The molecule has 0 aliphatic carbocycles. The van der Waals surface area contributed by atoms with Gasteiger partial charge in [-0.1, -0.05) is 6.07 Å². The molecular weight excluding hydrogens is 324 g/mol. The maximum atomic E-state index is 11.8. The number of carbonyl (C=O) groups is 1. The summed E-state index contributed by atoms with van der Waals surface area (Å²) in [5, 5.41) is 8.23. The van der Waals surface area contributed by atoms with Gasteiger partial charge in [0.2, 0.25) is 0 Å². The van der Waals surface area contributed by atoms with Crippen molar-refractivity contribution in [3.05, 3.63) is 22.4 Å². The second-order valence-corrected chi connectivity index (χ2v) is 6.65. The highest BCUT2D eigenvalue weighted by Gasteiger charge is 2.21. The molecule has 2 heterocycles. The maximum Gasteiger partial charge on any atom is 0.261 e. The van der Waals surface area contributed by atoms with Gasteiger partial charge in [0, 0.05) is 39.8 Å². The van der Waals surface area contributed by atoms with Crippen LogP contribution in [0, 0.1) is 0 Å². The van der Waals surface area contributed by atoms with E-state index in [0.717, 1.165) is 56.3 Å². The van der Waals surface area contributed by atoms with Gasteiger partial charge in [0.05, 0.1) is 11.0 Å². The van der Waals surface area contributed by atoms with Crippen molar-refractivity contribution in [1.29, 1.82) is 0 Å².